The highest BCUT2D eigenvalue weighted by Gasteiger charge is 2.05. The molecule has 0 aliphatic carbocycles. The topological polar surface area (TPSA) is 49.7 Å². The van der Waals surface area contributed by atoms with E-state index >= 15 is 0 Å². The molecule has 1 aromatic carbocycles. The van der Waals surface area contributed by atoms with E-state index in [0.29, 0.717) is 0 Å². The lowest BCUT2D eigenvalue weighted by atomic mass is 10.3. The average molecular weight is 175 g/mol. The molecule has 0 bridgehead atoms. The van der Waals surface area contributed by atoms with Gasteiger partial charge in [-0.15, -0.1) is 0 Å². The molecule has 0 unspecified atom stereocenters. The Balaban J connectivity index is 3.21. The van der Waals surface area contributed by atoms with E-state index in [4.69, 9.17) is 26.6 Å². The Bertz CT molecular complexity index is 273. The van der Waals surface area contributed by atoms with E-state index in [1.165, 1.54) is 13.2 Å². The molecule has 60 valence electrons. The van der Waals surface area contributed by atoms with Crippen molar-refractivity contribution in [1.82, 2.24) is 0 Å². The van der Waals surface area contributed by atoms with Crippen LogP contribution in [0.3, 0.4) is 0 Å². The molecule has 0 atom stereocenters. The molecule has 2 N–H and O–H groups in total. The summed E-state index contributed by atoms with van der Waals surface area (Å²) < 4.78 is 4.74. The highest BCUT2D eigenvalue weighted by Crippen LogP contribution is 2.35. The minimum Gasteiger partial charge on any atom is -0.506 e. The predicted octanol–water partition coefficient (Wildman–Crippen LogP) is 1.76. The molecule has 3 nitrogen and oxygen atoms in total. The van der Waals surface area contributed by atoms with E-state index in [2.05, 4.69) is 0 Å². The van der Waals surface area contributed by atoms with Crippen LogP contribution in [0.2, 0.25) is 5.02 Å². The molecule has 0 heterocycles. The molecule has 0 aliphatic heterocycles. The number of aromatic hydroxyl groups is 2. The highest BCUT2D eigenvalue weighted by molar-refractivity contribution is 6.32. The summed E-state index contributed by atoms with van der Waals surface area (Å²) >= 11 is 5.52. The predicted molar refractivity (Wildman–Crippen MR) is 41.3 cm³/mol. The number of phenols is 2. The minimum atomic E-state index is -0.162. The zero-order chi connectivity index (χ0) is 8.43. The molecule has 0 aliphatic rings. The number of methoxy groups -OCH3 is 1. The van der Waals surface area contributed by atoms with Crippen molar-refractivity contribution in [3.63, 3.8) is 0 Å². The van der Waals surface area contributed by atoms with Gasteiger partial charge in [-0.1, -0.05) is 11.6 Å². The molecular weight excluding hydrogens is 168 g/mol. The summed E-state index contributed by atoms with van der Waals surface area (Å²) in [5, 5.41) is 18.2. The van der Waals surface area contributed by atoms with E-state index in [1.54, 1.807) is 0 Å². The lowest BCUT2D eigenvalue weighted by Gasteiger charge is -2.03. The van der Waals surface area contributed by atoms with E-state index in [1.807, 2.05) is 0 Å². The van der Waals surface area contributed by atoms with Crippen LogP contribution in [-0.4, -0.2) is 17.3 Å². The van der Waals surface area contributed by atoms with Crippen LogP contribution < -0.4 is 4.74 Å². The first-order valence-electron chi connectivity index (χ1n) is 2.90. The van der Waals surface area contributed by atoms with Gasteiger partial charge in [0.1, 0.15) is 5.75 Å². The number of halogens is 1. The lowest BCUT2D eigenvalue weighted by Crippen LogP contribution is -1.83. The zero-order valence-electron chi connectivity index (χ0n) is 5.84. The van der Waals surface area contributed by atoms with Crippen LogP contribution in [0.4, 0.5) is 0 Å². The molecule has 0 aromatic heterocycles. The third-order valence-electron chi connectivity index (χ3n) is 1.25. The van der Waals surface area contributed by atoms with E-state index in [-0.39, 0.29) is 22.3 Å². The number of rotatable bonds is 1. The van der Waals surface area contributed by atoms with Crippen LogP contribution >= 0.6 is 11.6 Å². The maximum atomic E-state index is 9.07. The summed E-state index contributed by atoms with van der Waals surface area (Å²) in [5.74, 6) is -0.0489. The largest absolute Gasteiger partial charge is 0.506 e. The second-order valence-electron chi connectivity index (χ2n) is 1.98. The van der Waals surface area contributed by atoms with Gasteiger partial charge in [0.25, 0.3) is 0 Å². The first-order chi connectivity index (χ1) is 5.15. The summed E-state index contributed by atoms with van der Waals surface area (Å²) in [6.45, 7) is 0. The molecule has 0 spiro atoms. The maximum absolute atomic E-state index is 9.07. The van der Waals surface area contributed by atoms with Crippen LogP contribution in [-0.2, 0) is 0 Å². The third kappa shape index (κ3) is 1.49. The Labute approximate surface area is 68.8 Å². The average Bonchev–Trinajstić information content (AvgIpc) is 1.97. The summed E-state index contributed by atoms with van der Waals surface area (Å²) in [6.07, 6.45) is 0. The van der Waals surface area contributed by atoms with Gasteiger partial charge in [0, 0.05) is 12.1 Å². The van der Waals surface area contributed by atoms with E-state index in [0.717, 1.165) is 6.07 Å². The number of phenolic OH excluding ortho intramolecular Hbond substituents is 2. The molecular formula is C7H7ClO3. The number of benzene rings is 1. The number of hydrogen-bond donors (Lipinski definition) is 2. The summed E-state index contributed by atoms with van der Waals surface area (Å²) in [4.78, 5) is 0. The molecule has 0 fully saturated rings. The molecule has 0 saturated carbocycles. The lowest BCUT2D eigenvalue weighted by molar-refractivity contribution is 0.369. The summed E-state index contributed by atoms with van der Waals surface area (Å²) in [7, 11) is 1.41. The Kier molecular flexibility index (Phi) is 2.10. The smallest absolute Gasteiger partial charge is 0.162 e. The fourth-order valence-corrected chi connectivity index (χ4v) is 0.850. The standard InChI is InChI=1S/C7H7ClO3/c1-11-7-2-4(8)5(9)3-6(7)10/h2-3,9-10H,1H3. The Morgan fingerprint density at radius 3 is 2.45 bits per heavy atom. The highest BCUT2D eigenvalue weighted by atomic mass is 35.5. The second kappa shape index (κ2) is 2.88. The molecule has 1 aromatic rings. The molecule has 4 heteroatoms. The third-order valence-corrected chi connectivity index (χ3v) is 1.55. The molecule has 0 saturated heterocycles. The first-order valence-corrected chi connectivity index (χ1v) is 3.28. The van der Waals surface area contributed by atoms with Gasteiger partial charge in [-0.05, 0) is 0 Å². The van der Waals surface area contributed by atoms with Crippen molar-refractivity contribution in [3.05, 3.63) is 17.2 Å². The van der Waals surface area contributed by atoms with Crippen molar-refractivity contribution in [2.45, 2.75) is 0 Å². The van der Waals surface area contributed by atoms with Gasteiger partial charge in [-0.3, -0.25) is 0 Å². The number of ether oxygens (including phenoxy) is 1. The fourth-order valence-electron chi connectivity index (χ4n) is 0.696. The number of hydrogen-bond acceptors (Lipinski definition) is 3. The SMILES string of the molecule is COc1cc(Cl)c(O)cc1O. The van der Waals surface area contributed by atoms with Crippen LogP contribution in [0.5, 0.6) is 17.2 Å². The maximum Gasteiger partial charge on any atom is 0.162 e. The quantitative estimate of drug-likeness (QED) is 0.682. The molecule has 1 rings (SSSR count). The van der Waals surface area contributed by atoms with Gasteiger partial charge < -0.3 is 14.9 Å². The Morgan fingerprint density at radius 2 is 1.91 bits per heavy atom. The van der Waals surface area contributed by atoms with Gasteiger partial charge in [-0.25, -0.2) is 0 Å². The van der Waals surface area contributed by atoms with Gasteiger partial charge >= 0.3 is 0 Å². The summed E-state index contributed by atoms with van der Waals surface area (Å²) in [5.41, 5.74) is 0. The minimum absolute atomic E-state index is 0.130. The van der Waals surface area contributed by atoms with Crippen molar-refractivity contribution in [2.24, 2.45) is 0 Å². The van der Waals surface area contributed by atoms with Gasteiger partial charge in [0.15, 0.2) is 11.5 Å². The zero-order valence-corrected chi connectivity index (χ0v) is 6.59. The Hall–Kier alpha value is -1.09. The molecule has 0 amide bonds. The van der Waals surface area contributed by atoms with Crippen molar-refractivity contribution in [2.75, 3.05) is 7.11 Å². The van der Waals surface area contributed by atoms with Crippen LogP contribution in [0.15, 0.2) is 12.1 Å². The van der Waals surface area contributed by atoms with Crippen LogP contribution in [0, 0.1) is 0 Å². The first kappa shape index (κ1) is 8.01. The van der Waals surface area contributed by atoms with E-state index in [9.17, 15) is 0 Å². The second-order valence-corrected chi connectivity index (χ2v) is 2.38. The van der Waals surface area contributed by atoms with Crippen molar-refractivity contribution in [3.8, 4) is 17.2 Å². The normalized spacial score (nSPS) is 9.64. The van der Waals surface area contributed by atoms with Gasteiger partial charge in [0.2, 0.25) is 0 Å². The fraction of sp³-hybridized carbons (Fsp3) is 0.143. The molecule has 11 heavy (non-hydrogen) atoms. The van der Waals surface area contributed by atoms with Crippen molar-refractivity contribution in [1.29, 1.82) is 0 Å². The van der Waals surface area contributed by atoms with Crippen LogP contribution in [0.25, 0.3) is 0 Å². The van der Waals surface area contributed by atoms with Crippen molar-refractivity contribution < 1.29 is 14.9 Å². The summed E-state index contributed by atoms with van der Waals surface area (Å²) in [6, 6.07) is 2.47. The van der Waals surface area contributed by atoms with Crippen molar-refractivity contribution >= 4 is 11.6 Å². The Morgan fingerprint density at radius 1 is 1.27 bits per heavy atom. The van der Waals surface area contributed by atoms with E-state index < -0.39 is 0 Å². The van der Waals surface area contributed by atoms with Crippen LogP contribution in [0.1, 0.15) is 0 Å². The van der Waals surface area contributed by atoms with Gasteiger partial charge in [0.05, 0.1) is 12.1 Å². The van der Waals surface area contributed by atoms with Gasteiger partial charge in [-0.2, -0.15) is 0 Å². The molecule has 0 radical (unpaired) electrons. The monoisotopic (exact) mass is 174 g/mol.